The Morgan fingerprint density at radius 1 is 1.38 bits per heavy atom. The molecular weight excluding hydrogens is 292 g/mol. The molecule has 2 heterocycles. The molecule has 2 unspecified atom stereocenters. The third-order valence-electron chi connectivity index (χ3n) is 4.90. The molecule has 2 aliphatic rings. The Morgan fingerprint density at radius 2 is 2.14 bits per heavy atom. The van der Waals surface area contributed by atoms with Crippen LogP contribution in [0.1, 0.15) is 13.3 Å². The molecule has 6 nitrogen and oxygen atoms in total. The lowest BCUT2D eigenvalue weighted by Crippen LogP contribution is -2.31. The molecule has 0 spiro atoms. The van der Waals surface area contributed by atoms with E-state index in [1.165, 1.54) is 10.6 Å². The first-order valence-corrected chi connectivity index (χ1v) is 8.35. The lowest BCUT2D eigenvalue weighted by molar-refractivity contribution is 0.414. The second-order valence-corrected chi connectivity index (χ2v) is 8.35. The van der Waals surface area contributed by atoms with Gasteiger partial charge in [-0.05, 0) is 29.9 Å². The number of oxazole rings is 1. The molecule has 1 aromatic heterocycles. The number of aromatic nitrogens is 1. The summed E-state index contributed by atoms with van der Waals surface area (Å²) in [6, 6.07) is 4.60. The highest BCUT2D eigenvalue weighted by Gasteiger charge is 2.58. The molecular formula is C14H16N2O4S. The molecule has 1 aliphatic carbocycles. The van der Waals surface area contributed by atoms with Crippen LogP contribution in [0.25, 0.3) is 11.1 Å². The highest BCUT2D eigenvalue weighted by atomic mass is 32.2. The summed E-state index contributed by atoms with van der Waals surface area (Å²) in [5, 5.41) is 0. The van der Waals surface area contributed by atoms with E-state index in [1.807, 2.05) is 0 Å². The van der Waals surface area contributed by atoms with E-state index in [2.05, 4.69) is 6.92 Å². The fourth-order valence-electron chi connectivity index (χ4n) is 3.30. The molecule has 0 radical (unpaired) electrons. The Kier molecular flexibility index (Phi) is 2.35. The van der Waals surface area contributed by atoms with Gasteiger partial charge < -0.3 is 4.42 Å². The second-order valence-electron chi connectivity index (χ2n) is 6.41. The Balaban J connectivity index is 1.77. The van der Waals surface area contributed by atoms with Crippen LogP contribution in [0.2, 0.25) is 0 Å². The van der Waals surface area contributed by atoms with Gasteiger partial charge in [-0.25, -0.2) is 13.2 Å². The Bertz CT molecular complexity index is 911. The molecule has 1 aromatic carbocycles. The zero-order chi connectivity index (χ0) is 15.0. The minimum Gasteiger partial charge on any atom is -0.408 e. The van der Waals surface area contributed by atoms with Gasteiger partial charge in [0.2, 0.25) is 10.0 Å². The van der Waals surface area contributed by atoms with Crippen LogP contribution >= 0.6 is 0 Å². The normalized spacial score (nSPS) is 29.0. The number of hydrogen-bond donors (Lipinski definition) is 0. The first-order chi connectivity index (χ1) is 9.81. The third-order valence-corrected chi connectivity index (χ3v) is 6.71. The molecule has 4 rings (SSSR count). The van der Waals surface area contributed by atoms with Gasteiger partial charge in [0.1, 0.15) is 0 Å². The monoisotopic (exact) mass is 308 g/mol. The second kappa shape index (κ2) is 3.78. The van der Waals surface area contributed by atoms with E-state index >= 15 is 0 Å². The van der Waals surface area contributed by atoms with Gasteiger partial charge in [0.25, 0.3) is 0 Å². The maximum absolute atomic E-state index is 12.7. The largest absolute Gasteiger partial charge is 0.419 e. The van der Waals surface area contributed by atoms with Crippen molar-refractivity contribution in [3.8, 4) is 0 Å². The summed E-state index contributed by atoms with van der Waals surface area (Å²) in [6.07, 6.45) is 1.12. The summed E-state index contributed by atoms with van der Waals surface area (Å²) in [7, 11) is -1.92. The minimum absolute atomic E-state index is 0.163. The number of rotatable bonds is 2. The summed E-state index contributed by atoms with van der Waals surface area (Å²) < 4.78 is 33.3. The number of aryl methyl sites for hydroxylation is 1. The molecule has 21 heavy (non-hydrogen) atoms. The van der Waals surface area contributed by atoms with Crippen molar-refractivity contribution in [3.05, 3.63) is 28.7 Å². The minimum atomic E-state index is -3.51. The molecule has 0 N–H and O–H groups in total. The van der Waals surface area contributed by atoms with Crippen molar-refractivity contribution in [1.82, 2.24) is 8.87 Å². The Hall–Kier alpha value is -1.60. The quantitative estimate of drug-likeness (QED) is 0.834. The van der Waals surface area contributed by atoms with Crippen LogP contribution in [-0.2, 0) is 17.1 Å². The van der Waals surface area contributed by atoms with Crippen molar-refractivity contribution >= 4 is 21.1 Å². The topological polar surface area (TPSA) is 72.5 Å². The van der Waals surface area contributed by atoms with Crippen molar-refractivity contribution in [1.29, 1.82) is 0 Å². The third kappa shape index (κ3) is 1.74. The van der Waals surface area contributed by atoms with Crippen molar-refractivity contribution in [2.24, 2.45) is 18.4 Å². The van der Waals surface area contributed by atoms with Gasteiger partial charge in [-0.15, -0.1) is 0 Å². The van der Waals surface area contributed by atoms with Crippen molar-refractivity contribution in [2.45, 2.75) is 18.2 Å². The number of fused-ring (bicyclic) bond motifs is 2. The highest BCUT2D eigenvalue weighted by molar-refractivity contribution is 7.89. The maximum Gasteiger partial charge on any atom is 0.419 e. The fourth-order valence-corrected chi connectivity index (χ4v) is 4.94. The van der Waals surface area contributed by atoms with Crippen LogP contribution < -0.4 is 5.76 Å². The van der Waals surface area contributed by atoms with Crippen molar-refractivity contribution in [2.75, 3.05) is 13.1 Å². The smallest absolute Gasteiger partial charge is 0.408 e. The van der Waals surface area contributed by atoms with Crippen LogP contribution in [0.5, 0.6) is 0 Å². The van der Waals surface area contributed by atoms with Crippen LogP contribution in [0.3, 0.4) is 0 Å². The maximum atomic E-state index is 12.7. The van der Waals surface area contributed by atoms with E-state index in [9.17, 15) is 13.2 Å². The van der Waals surface area contributed by atoms with Gasteiger partial charge >= 0.3 is 5.76 Å². The summed E-state index contributed by atoms with van der Waals surface area (Å²) in [6.45, 7) is 3.30. The van der Waals surface area contributed by atoms with E-state index in [0.717, 1.165) is 6.42 Å². The number of hydrogen-bond acceptors (Lipinski definition) is 4. The number of piperidine rings is 1. The fraction of sp³-hybridized carbons (Fsp3) is 0.500. The predicted octanol–water partition coefficient (Wildman–Crippen LogP) is 1.16. The summed E-state index contributed by atoms with van der Waals surface area (Å²) >= 11 is 0. The molecule has 0 amide bonds. The number of sulfonamides is 1. The lowest BCUT2D eigenvalue weighted by atomic mass is 10.1. The van der Waals surface area contributed by atoms with Crippen LogP contribution in [0.15, 0.2) is 32.3 Å². The molecule has 112 valence electrons. The molecule has 1 saturated carbocycles. The molecule has 2 atom stereocenters. The van der Waals surface area contributed by atoms with Gasteiger partial charge in [0, 0.05) is 26.2 Å². The van der Waals surface area contributed by atoms with Gasteiger partial charge in [-0.3, -0.25) is 4.57 Å². The molecule has 2 fully saturated rings. The summed E-state index contributed by atoms with van der Waals surface area (Å²) in [5.41, 5.74) is 1.06. The first kappa shape index (κ1) is 13.1. The van der Waals surface area contributed by atoms with E-state index in [4.69, 9.17) is 4.42 Å². The number of benzene rings is 1. The first-order valence-electron chi connectivity index (χ1n) is 6.91. The van der Waals surface area contributed by atoms with E-state index in [0.29, 0.717) is 30.1 Å². The SMILES string of the molecule is Cn1c(=O)oc2cc(S(=O)(=O)N3CC4CC4(C)C3)ccc21. The van der Waals surface area contributed by atoms with Crippen LogP contribution in [0, 0.1) is 11.3 Å². The molecule has 0 bridgehead atoms. The lowest BCUT2D eigenvalue weighted by Gasteiger charge is -2.19. The Labute approximate surface area is 122 Å². The molecule has 7 heteroatoms. The predicted molar refractivity (Wildman–Crippen MR) is 76.4 cm³/mol. The van der Waals surface area contributed by atoms with Gasteiger partial charge in [0.15, 0.2) is 5.58 Å². The molecule has 1 saturated heterocycles. The van der Waals surface area contributed by atoms with Crippen molar-refractivity contribution in [3.63, 3.8) is 0 Å². The zero-order valence-electron chi connectivity index (χ0n) is 11.9. The van der Waals surface area contributed by atoms with Gasteiger partial charge in [0.05, 0.1) is 10.4 Å². The van der Waals surface area contributed by atoms with Crippen LogP contribution in [0.4, 0.5) is 0 Å². The molecule has 1 aliphatic heterocycles. The van der Waals surface area contributed by atoms with E-state index < -0.39 is 15.8 Å². The highest BCUT2D eigenvalue weighted by Crippen LogP contribution is 2.58. The zero-order valence-corrected chi connectivity index (χ0v) is 12.7. The summed E-state index contributed by atoms with van der Waals surface area (Å²) in [5.74, 6) is 0.000129. The van der Waals surface area contributed by atoms with Gasteiger partial charge in [-0.2, -0.15) is 4.31 Å². The van der Waals surface area contributed by atoms with E-state index in [-0.39, 0.29) is 10.3 Å². The van der Waals surface area contributed by atoms with Crippen LogP contribution in [-0.4, -0.2) is 30.4 Å². The Morgan fingerprint density at radius 3 is 2.81 bits per heavy atom. The average Bonchev–Trinajstić information content (AvgIpc) is 2.79. The summed E-state index contributed by atoms with van der Waals surface area (Å²) in [4.78, 5) is 11.7. The molecule has 2 aromatic rings. The van der Waals surface area contributed by atoms with Gasteiger partial charge in [-0.1, -0.05) is 6.92 Å². The average molecular weight is 308 g/mol. The van der Waals surface area contributed by atoms with E-state index in [1.54, 1.807) is 23.5 Å². The van der Waals surface area contributed by atoms with Crippen molar-refractivity contribution < 1.29 is 12.8 Å². The standard InChI is InChI=1S/C14H16N2O4S/c1-14-6-9(14)7-16(8-14)21(18,19)10-3-4-11-12(5-10)20-13(17)15(11)2/h3-5,9H,6-8H2,1-2H3. The number of nitrogens with zero attached hydrogens (tertiary/aromatic N) is 2.